The van der Waals surface area contributed by atoms with E-state index in [9.17, 15) is 4.79 Å². The van der Waals surface area contributed by atoms with E-state index in [2.05, 4.69) is 16.3 Å². The van der Waals surface area contributed by atoms with E-state index in [1.54, 1.807) is 20.1 Å². The Morgan fingerprint density at radius 3 is 2.58 bits per heavy atom. The molecule has 1 heterocycles. The number of likely N-dealkylation sites (tertiary alicyclic amines) is 1. The summed E-state index contributed by atoms with van der Waals surface area (Å²) >= 11 is 0. The molecule has 1 aliphatic heterocycles. The number of carbonyl (C=O) groups excluding carboxylic acids is 1. The molecule has 138 valence electrons. The predicted molar refractivity (Wildman–Crippen MR) is 103 cm³/mol. The SMILES string of the molecule is COc1ccccc1OC(C)C(=O)Nc1cccc(CN2CCCC2)c1. The first-order valence-electron chi connectivity index (χ1n) is 9.07. The molecule has 5 heteroatoms. The number of anilines is 1. The number of nitrogens with one attached hydrogen (secondary N) is 1. The van der Waals surface area contributed by atoms with Gasteiger partial charge in [0, 0.05) is 12.2 Å². The number of hydrogen-bond donors (Lipinski definition) is 1. The lowest BCUT2D eigenvalue weighted by atomic mass is 10.2. The molecule has 0 radical (unpaired) electrons. The molecule has 0 aliphatic carbocycles. The largest absolute Gasteiger partial charge is 0.493 e. The highest BCUT2D eigenvalue weighted by molar-refractivity contribution is 5.94. The summed E-state index contributed by atoms with van der Waals surface area (Å²) in [6.07, 6.45) is 1.91. The van der Waals surface area contributed by atoms with Crippen molar-refractivity contribution >= 4 is 11.6 Å². The summed E-state index contributed by atoms with van der Waals surface area (Å²) in [5.74, 6) is 0.981. The number of nitrogens with zero attached hydrogens (tertiary/aromatic N) is 1. The van der Waals surface area contributed by atoms with Crippen molar-refractivity contribution in [3.63, 3.8) is 0 Å². The number of carbonyl (C=O) groups is 1. The maximum absolute atomic E-state index is 12.5. The van der Waals surface area contributed by atoms with E-state index in [0.29, 0.717) is 11.5 Å². The minimum absolute atomic E-state index is 0.186. The molecule has 26 heavy (non-hydrogen) atoms. The van der Waals surface area contributed by atoms with E-state index in [4.69, 9.17) is 9.47 Å². The molecule has 3 rings (SSSR count). The average molecular weight is 354 g/mol. The van der Waals surface area contributed by atoms with Crippen LogP contribution < -0.4 is 14.8 Å². The maximum atomic E-state index is 12.5. The molecule has 1 amide bonds. The molecule has 0 bridgehead atoms. The van der Waals surface area contributed by atoms with Gasteiger partial charge < -0.3 is 14.8 Å². The van der Waals surface area contributed by atoms with E-state index < -0.39 is 6.10 Å². The first kappa shape index (κ1) is 18.3. The first-order chi connectivity index (χ1) is 12.7. The standard InChI is InChI=1S/C21H26N2O3/c1-16(26-20-11-4-3-10-19(20)25-2)21(24)22-18-9-7-8-17(14-18)15-23-12-5-6-13-23/h3-4,7-11,14,16H,5-6,12-13,15H2,1-2H3,(H,22,24). The molecule has 1 aliphatic rings. The third kappa shape index (κ3) is 4.76. The van der Waals surface area contributed by atoms with Crippen molar-refractivity contribution in [2.45, 2.75) is 32.4 Å². The van der Waals surface area contributed by atoms with Gasteiger partial charge in [-0.15, -0.1) is 0 Å². The number of para-hydroxylation sites is 2. The van der Waals surface area contributed by atoms with Gasteiger partial charge in [0.1, 0.15) is 0 Å². The summed E-state index contributed by atoms with van der Waals surface area (Å²) in [5.41, 5.74) is 2.00. The number of hydrogen-bond acceptors (Lipinski definition) is 4. The van der Waals surface area contributed by atoms with Gasteiger partial charge >= 0.3 is 0 Å². The van der Waals surface area contributed by atoms with E-state index in [0.717, 1.165) is 25.3 Å². The van der Waals surface area contributed by atoms with Crippen LogP contribution in [-0.4, -0.2) is 37.1 Å². The van der Waals surface area contributed by atoms with Crippen molar-refractivity contribution in [3.05, 3.63) is 54.1 Å². The molecule has 1 fully saturated rings. The van der Waals surface area contributed by atoms with E-state index in [1.165, 1.54) is 18.4 Å². The molecule has 0 aromatic heterocycles. The lowest BCUT2D eigenvalue weighted by molar-refractivity contribution is -0.122. The van der Waals surface area contributed by atoms with Gasteiger partial charge in [-0.2, -0.15) is 0 Å². The van der Waals surface area contributed by atoms with Gasteiger partial charge in [0.2, 0.25) is 0 Å². The van der Waals surface area contributed by atoms with Gasteiger partial charge in [0.15, 0.2) is 17.6 Å². The Morgan fingerprint density at radius 1 is 1.12 bits per heavy atom. The molecule has 1 atom stereocenters. The Hall–Kier alpha value is -2.53. The van der Waals surface area contributed by atoms with Crippen LogP contribution in [0.2, 0.25) is 0 Å². The van der Waals surface area contributed by atoms with Crippen LogP contribution in [0.25, 0.3) is 0 Å². The zero-order valence-electron chi connectivity index (χ0n) is 15.4. The van der Waals surface area contributed by atoms with Crippen molar-refractivity contribution < 1.29 is 14.3 Å². The summed E-state index contributed by atoms with van der Waals surface area (Å²) in [7, 11) is 1.58. The molecule has 0 saturated carbocycles. The summed E-state index contributed by atoms with van der Waals surface area (Å²) < 4.78 is 11.0. The Balaban J connectivity index is 1.60. The smallest absolute Gasteiger partial charge is 0.265 e. The van der Waals surface area contributed by atoms with Crippen LogP contribution in [0.3, 0.4) is 0 Å². The molecule has 2 aromatic carbocycles. The Morgan fingerprint density at radius 2 is 1.85 bits per heavy atom. The predicted octanol–water partition coefficient (Wildman–Crippen LogP) is 3.70. The van der Waals surface area contributed by atoms with E-state index >= 15 is 0 Å². The topological polar surface area (TPSA) is 50.8 Å². The minimum atomic E-state index is -0.631. The molecule has 1 unspecified atom stereocenters. The number of methoxy groups -OCH3 is 1. The van der Waals surface area contributed by atoms with Crippen LogP contribution in [0.1, 0.15) is 25.3 Å². The zero-order valence-corrected chi connectivity index (χ0v) is 15.4. The third-order valence-corrected chi connectivity index (χ3v) is 4.54. The zero-order chi connectivity index (χ0) is 18.4. The van der Waals surface area contributed by atoms with E-state index in [-0.39, 0.29) is 5.91 Å². The number of benzene rings is 2. The summed E-state index contributed by atoms with van der Waals surface area (Å²) in [6.45, 7) is 4.97. The van der Waals surface area contributed by atoms with Crippen LogP contribution in [0.4, 0.5) is 5.69 Å². The molecular formula is C21H26N2O3. The maximum Gasteiger partial charge on any atom is 0.265 e. The van der Waals surface area contributed by atoms with Crippen molar-refractivity contribution in [2.75, 3.05) is 25.5 Å². The lowest BCUT2D eigenvalue weighted by Gasteiger charge is -2.18. The normalized spacial score (nSPS) is 15.5. The molecule has 0 spiro atoms. The van der Waals surface area contributed by atoms with Crippen LogP contribution in [-0.2, 0) is 11.3 Å². The second-order valence-electron chi connectivity index (χ2n) is 6.58. The van der Waals surface area contributed by atoms with Crippen molar-refractivity contribution in [3.8, 4) is 11.5 Å². The van der Waals surface area contributed by atoms with Gasteiger partial charge in [-0.25, -0.2) is 0 Å². The molecule has 1 saturated heterocycles. The van der Waals surface area contributed by atoms with Crippen LogP contribution in [0, 0.1) is 0 Å². The Labute approximate surface area is 154 Å². The Bertz CT molecular complexity index is 742. The van der Waals surface area contributed by atoms with Crippen molar-refractivity contribution in [1.29, 1.82) is 0 Å². The van der Waals surface area contributed by atoms with Crippen molar-refractivity contribution in [1.82, 2.24) is 4.90 Å². The van der Waals surface area contributed by atoms with Gasteiger partial charge in [-0.3, -0.25) is 9.69 Å². The highest BCUT2D eigenvalue weighted by atomic mass is 16.5. The first-order valence-corrected chi connectivity index (χ1v) is 9.07. The van der Waals surface area contributed by atoms with Gasteiger partial charge in [-0.05, 0) is 62.7 Å². The van der Waals surface area contributed by atoms with Gasteiger partial charge in [0.25, 0.3) is 5.91 Å². The van der Waals surface area contributed by atoms with Gasteiger partial charge in [-0.1, -0.05) is 24.3 Å². The van der Waals surface area contributed by atoms with E-state index in [1.807, 2.05) is 36.4 Å². The number of amides is 1. The number of rotatable bonds is 7. The summed E-state index contributed by atoms with van der Waals surface area (Å²) in [4.78, 5) is 14.9. The van der Waals surface area contributed by atoms with Crippen LogP contribution in [0.15, 0.2) is 48.5 Å². The van der Waals surface area contributed by atoms with Crippen LogP contribution in [0.5, 0.6) is 11.5 Å². The highest BCUT2D eigenvalue weighted by Gasteiger charge is 2.17. The second-order valence-corrected chi connectivity index (χ2v) is 6.58. The second kappa shape index (κ2) is 8.72. The van der Waals surface area contributed by atoms with Crippen LogP contribution >= 0.6 is 0 Å². The fourth-order valence-electron chi connectivity index (χ4n) is 3.15. The average Bonchev–Trinajstić information content (AvgIpc) is 3.15. The molecular weight excluding hydrogens is 328 g/mol. The number of ether oxygens (including phenoxy) is 2. The lowest BCUT2D eigenvalue weighted by Crippen LogP contribution is -2.30. The quantitative estimate of drug-likeness (QED) is 0.824. The fraction of sp³-hybridized carbons (Fsp3) is 0.381. The minimum Gasteiger partial charge on any atom is -0.493 e. The molecule has 5 nitrogen and oxygen atoms in total. The third-order valence-electron chi connectivity index (χ3n) is 4.54. The summed E-state index contributed by atoms with van der Waals surface area (Å²) in [6, 6.07) is 15.3. The Kier molecular flexibility index (Phi) is 6.12. The molecule has 1 N–H and O–H groups in total. The van der Waals surface area contributed by atoms with Crippen molar-refractivity contribution in [2.24, 2.45) is 0 Å². The monoisotopic (exact) mass is 354 g/mol. The summed E-state index contributed by atoms with van der Waals surface area (Å²) in [5, 5.41) is 2.94. The van der Waals surface area contributed by atoms with Gasteiger partial charge in [0.05, 0.1) is 7.11 Å². The fourth-order valence-corrected chi connectivity index (χ4v) is 3.15. The highest BCUT2D eigenvalue weighted by Crippen LogP contribution is 2.27. The molecule has 2 aromatic rings.